The van der Waals surface area contributed by atoms with Crippen LogP contribution in [-0.4, -0.2) is 39.6 Å². The lowest BCUT2D eigenvalue weighted by Gasteiger charge is -2.28. The largest absolute Gasteiger partial charge is 0.493 e. The van der Waals surface area contributed by atoms with E-state index in [1.807, 2.05) is 6.07 Å². The van der Waals surface area contributed by atoms with Gasteiger partial charge in [-0.05, 0) is 6.42 Å². The maximum absolute atomic E-state index is 9.27. The van der Waals surface area contributed by atoms with Crippen LogP contribution in [0.3, 0.4) is 0 Å². The summed E-state index contributed by atoms with van der Waals surface area (Å²) < 4.78 is 16.1. The average Bonchev–Trinajstić information content (AvgIpc) is 2.44. The zero-order valence-corrected chi connectivity index (χ0v) is 10.9. The third-order valence-corrected chi connectivity index (χ3v) is 3.27. The van der Waals surface area contributed by atoms with Gasteiger partial charge in [0.1, 0.15) is 0 Å². The van der Waals surface area contributed by atoms with Gasteiger partial charge in [-0.2, -0.15) is 0 Å². The molecule has 5 heteroatoms. The van der Waals surface area contributed by atoms with Gasteiger partial charge in [-0.1, -0.05) is 0 Å². The van der Waals surface area contributed by atoms with Crippen LogP contribution in [0.2, 0.25) is 0 Å². The number of hydrogen-bond acceptors (Lipinski definition) is 5. The number of aliphatic hydroxyl groups excluding tert-OH is 1. The Morgan fingerprint density at radius 2 is 1.94 bits per heavy atom. The number of rotatable bonds is 4. The monoisotopic (exact) mass is 253 g/mol. The Balaban J connectivity index is 2.52. The lowest BCUT2D eigenvalue weighted by Crippen LogP contribution is -2.26. The van der Waals surface area contributed by atoms with E-state index in [0.29, 0.717) is 17.2 Å². The fourth-order valence-corrected chi connectivity index (χ4v) is 2.32. The number of fused-ring (bicyclic) bond motifs is 1. The lowest BCUT2D eigenvalue weighted by atomic mass is 9.93. The number of hydrogen-bond donors (Lipinski definition) is 2. The van der Waals surface area contributed by atoms with E-state index in [1.165, 1.54) is 0 Å². The molecule has 1 atom stereocenters. The molecular weight excluding hydrogens is 234 g/mol. The zero-order chi connectivity index (χ0) is 13.1. The summed E-state index contributed by atoms with van der Waals surface area (Å²) >= 11 is 0. The molecule has 0 amide bonds. The van der Waals surface area contributed by atoms with Crippen LogP contribution in [0.5, 0.6) is 17.2 Å². The van der Waals surface area contributed by atoms with Crippen LogP contribution in [0.25, 0.3) is 0 Å². The molecule has 1 aromatic carbocycles. The van der Waals surface area contributed by atoms with E-state index in [1.54, 1.807) is 21.3 Å². The van der Waals surface area contributed by atoms with Crippen LogP contribution in [0.1, 0.15) is 5.56 Å². The van der Waals surface area contributed by atoms with E-state index in [2.05, 4.69) is 5.32 Å². The number of nitrogens with one attached hydrogen (secondary N) is 1. The summed E-state index contributed by atoms with van der Waals surface area (Å²) in [6.07, 6.45) is 0.766. The summed E-state index contributed by atoms with van der Waals surface area (Å²) in [5.41, 5.74) is 2.01. The van der Waals surface area contributed by atoms with Crippen molar-refractivity contribution in [3.05, 3.63) is 11.6 Å². The zero-order valence-electron chi connectivity index (χ0n) is 10.9. The van der Waals surface area contributed by atoms with Crippen molar-refractivity contribution in [2.45, 2.75) is 6.42 Å². The van der Waals surface area contributed by atoms with Gasteiger partial charge in [0.25, 0.3) is 0 Å². The molecule has 0 spiro atoms. The van der Waals surface area contributed by atoms with Crippen LogP contribution in [0, 0.1) is 5.92 Å². The van der Waals surface area contributed by atoms with Gasteiger partial charge in [0.05, 0.1) is 21.3 Å². The first-order valence-corrected chi connectivity index (χ1v) is 5.91. The topological polar surface area (TPSA) is 60.0 Å². The van der Waals surface area contributed by atoms with Crippen molar-refractivity contribution in [3.63, 3.8) is 0 Å². The molecule has 0 saturated carbocycles. The first-order valence-electron chi connectivity index (χ1n) is 5.91. The molecule has 1 heterocycles. The molecule has 2 N–H and O–H groups in total. The van der Waals surface area contributed by atoms with Gasteiger partial charge in [0, 0.05) is 36.4 Å². The van der Waals surface area contributed by atoms with Crippen LogP contribution in [-0.2, 0) is 6.42 Å². The molecule has 5 nitrogen and oxygen atoms in total. The first-order chi connectivity index (χ1) is 8.74. The van der Waals surface area contributed by atoms with Gasteiger partial charge in [-0.3, -0.25) is 0 Å². The molecular formula is C13H19NO4. The summed E-state index contributed by atoms with van der Waals surface area (Å²) in [5.74, 6) is 2.11. The second-order valence-electron chi connectivity index (χ2n) is 4.31. The van der Waals surface area contributed by atoms with Crippen LogP contribution < -0.4 is 19.5 Å². The summed E-state index contributed by atoms with van der Waals surface area (Å²) in [5, 5.41) is 12.6. The number of anilines is 1. The molecule has 1 aliphatic heterocycles. The van der Waals surface area contributed by atoms with E-state index in [0.717, 1.165) is 24.2 Å². The van der Waals surface area contributed by atoms with Crippen molar-refractivity contribution < 1.29 is 19.3 Å². The van der Waals surface area contributed by atoms with E-state index in [-0.39, 0.29) is 12.5 Å². The molecule has 100 valence electrons. The van der Waals surface area contributed by atoms with E-state index in [9.17, 15) is 5.11 Å². The summed E-state index contributed by atoms with van der Waals surface area (Å²) in [6, 6.07) is 1.91. The molecule has 2 rings (SSSR count). The van der Waals surface area contributed by atoms with Gasteiger partial charge >= 0.3 is 0 Å². The van der Waals surface area contributed by atoms with Gasteiger partial charge < -0.3 is 24.6 Å². The molecule has 0 aliphatic carbocycles. The predicted octanol–water partition coefficient (Wildman–Crippen LogP) is 1.29. The Hall–Kier alpha value is -1.62. The van der Waals surface area contributed by atoms with E-state index >= 15 is 0 Å². The van der Waals surface area contributed by atoms with Crippen molar-refractivity contribution >= 4 is 5.69 Å². The Morgan fingerprint density at radius 1 is 1.22 bits per heavy atom. The van der Waals surface area contributed by atoms with Crippen molar-refractivity contribution in [3.8, 4) is 17.2 Å². The highest BCUT2D eigenvalue weighted by atomic mass is 16.5. The summed E-state index contributed by atoms with van der Waals surface area (Å²) in [6.45, 7) is 0.909. The van der Waals surface area contributed by atoms with E-state index in [4.69, 9.17) is 14.2 Å². The standard InChI is InChI=1S/C13H19NO4/c1-16-11-5-10-9(4-8(7-15)6-14-10)12(17-2)13(11)18-3/h5,8,14-15H,4,6-7H2,1-3H3. The van der Waals surface area contributed by atoms with Crippen molar-refractivity contribution in [1.82, 2.24) is 0 Å². The van der Waals surface area contributed by atoms with Gasteiger partial charge in [-0.25, -0.2) is 0 Å². The second kappa shape index (κ2) is 5.35. The fourth-order valence-electron chi connectivity index (χ4n) is 2.32. The highest BCUT2D eigenvalue weighted by molar-refractivity contribution is 5.69. The maximum atomic E-state index is 9.27. The first kappa shape index (κ1) is 12.8. The second-order valence-corrected chi connectivity index (χ2v) is 4.31. The Morgan fingerprint density at radius 3 is 2.50 bits per heavy atom. The SMILES string of the molecule is COc1cc2c(c(OC)c1OC)CC(CO)CN2. The molecule has 0 bridgehead atoms. The van der Waals surface area contributed by atoms with Crippen LogP contribution >= 0.6 is 0 Å². The van der Waals surface area contributed by atoms with Crippen molar-refractivity contribution in [1.29, 1.82) is 0 Å². The van der Waals surface area contributed by atoms with Crippen molar-refractivity contribution in [2.75, 3.05) is 39.8 Å². The average molecular weight is 253 g/mol. The Kier molecular flexibility index (Phi) is 3.81. The normalized spacial score (nSPS) is 17.7. The minimum Gasteiger partial charge on any atom is -0.493 e. The number of aliphatic hydroxyl groups is 1. The molecule has 1 unspecified atom stereocenters. The Bertz CT molecular complexity index is 433. The predicted molar refractivity (Wildman–Crippen MR) is 68.9 cm³/mol. The molecule has 0 aromatic heterocycles. The molecule has 18 heavy (non-hydrogen) atoms. The quantitative estimate of drug-likeness (QED) is 0.846. The molecule has 0 fully saturated rings. The lowest BCUT2D eigenvalue weighted by molar-refractivity contribution is 0.228. The molecule has 0 radical (unpaired) electrons. The summed E-state index contributed by atoms with van der Waals surface area (Å²) in [7, 11) is 4.80. The van der Waals surface area contributed by atoms with Gasteiger partial charge in [0.15, 0.2) is 11.5 Å². The number of ether oxygens (including phenoxy) is 3. The summed E-state index contributed by atoms with van der Waals surface area (Å²) in [4.78, 5) is 0. The molecule has 1 aromatic rings. The minimum absolute atomic E-state index is 0.157. The number of benzene rings is 1. The minimum atomic E-state index is 0.157. The van der Waals surface area contributed by atoms with Crippen LogP contribution in [0.4, 0.5) is 5.69 Å². The fraction of sp³-hybridized carbons (Fsp3) is 0.538. The van der Waals surface area contributed by atoms with Crippen LogP contribution in [0.15, 0.2) is 6.07 Å². The molecule has 1 aliphatic rings. The van der Waals surface area contributed by atoms with Crippen molar-refractivity contribution in [2.24, 2.45) is 5.92 Å². The smallest absolute Gasteiger partial charge is 0.203 e. The van der Waals surface area contributed by atoms with Gasteiger partial charge in [-0.15, -0.1) is 0 Å². The molecule has 0 saturated heterocycles. The van der Waals surface area contributed by atoms with Gasteiger partial charge in [0.2, 0.25) is 5.75 Å². The third kappa shape index (κ3) is 2.06. The third-order valence-electron chi connectivity index (χ3n) is 3.27. The maximum Gasteiger partial charge on any atom is 0.203 e. The van der Waals surface area contributed by atoms with E-state index < -0.39 is 0 Å². The highest BCUT2D eigenvalue weighted by Gasteiger charge is 2.26. The number of methoxy groups -OCH3 is 3. The Labute approximate surface area is 107 Å². The highest BCUT2D eigenvalue weighted by Crippen LogP contribution is 2.46.